The molecule has 1 heterocycles. The Morgan fingerprint density at radius 3 is 2.43 bits per heavy atom. The quantitative estimate of drug-likeness (QED) is 0.724. The molecule has 0 aromatic carbocycles. The van der Waals surface area contributed by atoms with Crippen molar-refractivity contribution in [1.82, 2.24) is 9.47 Å². The number of carbonyl (C=O) groups is 2. The number of ether oxygens (including phenoxy) is 1. The van der Waals surface area contributed by atoms with E-state index < -0.39 is 21.9 Å². The number of nitrogens with zero attached hydrogens (tertiary/aromatic N) is 2. The van der Waals surface area contributed by atoms with Crippen LogP contribution in [0.3, 0.4) is 0 Å². The summed E-state index contributed by atoms with van der Waals surface area (Å²) in [6, 6.07) is 1.19. The fourth-order valence-corrected chi connectivity index (χ4v) is 2.34. The Bertz CT molecular complexity index is 635. The second kappa shape index (κ2) is 6.72. The van der Waals surface area contributed by atoms with Gasteiger partial charge in [-0.05, 0) is 19.9 Å². The number of hydrogen-bond acceptors (Lipinski definition) is 5. The van der Waals surface area contributed by atoms with E-state index in [1.54, 1.807) is 13.8 Å². The van der Waals surface area contributed by atoms with Gasteiger partial charge in [-0.3, -0.25) is 9.59 Å². The molecule has 0 atom stereocenters. The van der Waals surface area contributed by atoms with Crippen molar-refractivity contribution < 1.29 is 22.7 Å². The second-order valence-electron chi connectivity index (χ2n) is 4.34. The number of amides is 1. The standard InChI is InChI=1S/C12H19N3O5S/c1-4-15(8-11(16)20-5-2)12(17)10-6-9(7-14(10)3)21(13,18)19/h6-7H,4-5,8H2,1-3H3,(H2,13,18,19). The summed E-state index contributed by atoms with van der Waals surface area (Å²) in [5, 5.41) is 5.03. The lowest BCUT2D eigenvalue weighted by atomic mass is 10.3. The molecule has 0 aliphatic carbocycles. The van der Waals surface area contributed by atoms with Crippen LogP contribution in [0.15, 0.2) is 17.2 Å². The lowest BCUT2D eigenvalue weighted by Gasteiger charge is -2.19. The van der Waals surface area contributed by atoms with E-state index in [9.17, 15) is 18.0 Å². The van der Waals surface area contributed by atoms with Gasteiger partial charge in [-0.1, -0.05) is 0 Å². The highest BCUT2D eigenvalue weighted by Crippen LogP contribution is 2.14. The maximum Gasteiger partial charge on any atom is 0.325 e. The van der Waals surface area contributed by atoms with Crippen LogP contribution in [0.1, 0.15) is 24.3 Å². The maximum absolute atomic E-state index is 12.3. The van der Waals surface area contributed by atoms with Crippen molar-refractivity contribution in [2.75, 3.05) is 19.7 Å². The summed E-state index contributed by atoms with van der Waals surface area (Å²) in [6.07, 6.45) is 1.25. The highest BCUT2D eigenvalue weighted by atomic mass is 32.2. The molecule has 0 aliphatic rings. The first kappa shape index (κ1) is 17.2. The van der Waals surface area contributed by atoms with Crippen molar-refractivity contribution in [2.24, 2.45) is 12.2 Å². The monoisotopic (exact) mass is 317 g/mol. The highest BCUT2D eigenvalue weighted by Gasteiger charge is 2.23. The van der Waals surface area contributed by atoms with Crippen LogP contribution in [0.2, 0.25) is 0 Å². The Morgan fingerprint density at radius 2 is 2.00 bits per heavy atom. The predicted octanol–water partition coefficient (Wildman–Crippen LogP) is -0.302. The lowest BCUT2D eigenvalue weighted by Crippen LogP contribution is -2.37. The number of nitrogens with two attached hydrogens (primary N) is 1. The molecule has 21 heavy (non-hydrogen) atoms. The van der Waals surface area contributed by atoms with E-state index in [-0.39, 0.29) is 30.3 Å². The van der Waals surface area contributed by atoms with Crippen LogP contribution >= 0.6 is 0 Å². The largest absolute Gasteiger partial charge is 0.465 e. The van der Waals surface area contributed by atoms with Gasteiger partial charge in [0.05, 0.1) is 6.61 Å². The Hall–Kier alpha value is -1.87. The molecule has 9 heteroatoms. The van der Waals surface area contributed by atoms with Gasteiger partial charge in [0.2, 0.25) is 10.0 Å². The molecular formula is C12H19N3O5S. The Morgan fingerprint density at radius 1 is 1.38 bits per heavy atom. The highest BCUT2D eigenvalue weighted by molar-refractivity contribution is 7.89. The van der Waals surface area contributed by atoms with Crippen molar-refractivity contribution in [2.45, 2.75) is 18.7 Å². The molecule has 1 aromatic rings. The van der Waals surface area contributed by atoms with Crippen molar-refractivity contribution in [3.63, 3.8) is 0 Å². The molecule has 0 fully saturated rings. The van der Waals surface area contributed by atoms with E-state index in [4.69, 9.17) is 9.88 Å². The number of aromatic nitrogens is 1. The number of aryl methyl sites for hydroxylation is 1. The molecule has 1 rings (SSSR count). The number of likely N-dealkylation sites (N-methyl/N-ethyl adjacent to an activating group) is 1. The summed E-state index contributed by atoms with van der Waals surface area (Å²) in [7, 11) is -2.36. The fourth-order valence-electron chi connectivity index (χ4n) is 1.75. The van der Waals surface area contributed by atoms with Gasteiger partial charge in [0.1, 0.15) is 17.1 Å². The number of primary sulfonamides is 1. The molecule has 2 N–H and O–H groups in total. The SMILES string of the molecule is CCOC(=O)CN(CC)C(=O)c1cc(S(N)(=O)=O)cn1C. The third-order valence-electron chi connectivity index (χ3n) is 2.82. The van der Waals surface area contributed by atoms with Crippen molar-refractivity contribution >= 4 is 21.9 Å². The van der Waals surface area contributed by atoms with Gasteiger partial charge in [0.15, 0.2) is 0 Å². The topological polar surface area (TPSA) is 112 Å². The molecule has 1 amide bonds. The predicted molar refractivity (Wildman–Crippen MR) is 75.0 cm³/mol. The third-order valence-corrected chi connectivity index (χ3v) is 3.70. The Labute approximate surface area is 123 Å². The molecule has 0 aliphatic heterocycles. The summed E-state index contributed by atoms with van der Waals surface area (Å²) in [4.78, 5) is 24.9. The molecular weight excluding hydrogens is 298 g/mol. The summed E-state index contributed by atoms with van der Waals surface area (Å²) in [6.45, 7) is 3.70. The summed E-state index contributed by atoms with van der Waals surface area (Å²) in [5.41, 5.74) is 0.130. The van der Waals surface area contributed by atoms with Crippen LogP contribution in [0.4, 0.5) is 0 Å². The zero-order valence-electron chi connectivity index (χ0n) is 12.2. The minimum absolute atomic E-state index is 0.130. The van der Waals surface area contributed by atoms with Gasteiger partial charge in [0.25, 0.3) is 5.91 Å². The van der Waals surface area contributed by atoms with E-state index >= 15 is 0 Å². The molecule has 1 aromatic heterocycles. The minimum Gasteiger partial charge on any atom is -0.465 e. The average molecular weight is 317 g/mol. The van der Waals surface area contributed by atoms with Crippen molar-refractivity contribution in [3.8, 4) is 0 Å². The van der Waals surface area contributed by atoms with Gasteiger partial charge in [-0.2, -0.15) is 0 Å². The van der Waals surface area contributed by atoms with E-state index in [0.29, 0.717) is 0 Å². The van der Waals surface area contributed by atoms with Crippen LogP contribution in [0.5, 0.6) is 0 Å². The minimum atomic E-state index is -3.89. The van der Waals surface area contributed by atoms with Gasteiger partial charge in [-0.25, -0.2) is 13.6 Å². The first-order valence-corrected chi connectivity index (χ1v) is 7.89. The molecule has 0 radical (unpaired) electrons. The lowest BCUT2D eigenvalue weighted by molar-refractivity contribution is -0.143. The maximum atomic E-state index is 12.3. The zero-order chi connectivity index (χ0) is 16.2. The third kappa shape index (κ3) is 4.30. The molecule has 0 saturated heterocycles. The number of carbonyl (C=O) groups excluding carboxylic acids is 2. The molecule has 0 bridgehead atoms. The van der Waals surface area contributed by atoms with E-state index in [1.165, 1.54) is 28.8 Å². The van der Waals surface area contributed by atoms with Crippen molar-refractivity contribution in [3.05, 3.63) is 18.0 Å². The van der Waals surface area contributed by atoms with Gasteiger partial charge in [-0.15, -0.1) is 0 Å². The number of hydrogen-bond donors (Lipinski definition) is 1. The first-order chi connectivity index (χ1) is 9.70. The number of rotatable bonds is 6. The summed E-state index contributed by atoms with van der Waals surface area (Å²) >= 11 is 0. The molecule has 118 valence electrons. The van der Waals surface area contributed by atoms with Gasteiger partial charge >= 0.3 is 5.97 Å². The van der Waals surface area contributed by atoms with E-state index in [2.05, 4.69) is 0 Å². The average Bonchev–Trinajstić information content (AvgIpc) is 2.77. The number of sulfonamides is 1. The van der Waals surface area contributed by atoms with Crippen LogP contribution < -0.4 is 5.14 Å². The Balaban J connectivity index is 3.01. The fraction of sp³-hybridized carbons (Fsp3) is 0.500. The molecule has 0 unspecified atom stereocenters. The molecule has 0 spiro atoms. The normalized spacial score (nSPS) is 11.2. The van der Waals surface area contributed by atoms with Crippen LogP contribution in [0.25, 0.3) is 0 Å². The molecule has 0 saturated carbocycles. The van der Waals surface area contributed by atoms with Crippen molar-refractivity contribution in [1.29, 1.82) is 0 Å². The van der Waals surface area contributed by atoms with Crippen LogP contribution in [0, 0.1) is 0 Å². The summed E-state index contributed by atoms with van der Waals surface area (Å²) in [5.74, 6) is -0.989. The zero-order valence-corrected chi connectivity index (χ0v) is 13.0. The first-order valence-electron chi connectivity index (χ1n) is 6.34. The smallest absolute Gasteiger partial charge is 0.325 e. The van der Waals surface area contributed by atoms with Crippen LogP contribution in [-0.4, -0.2) is 49.5 Å². The van der Waals surface area contributed by atoms with Gasteiger partial charge < -0.3 is 14.2 Å². The van der Waals surface area contributed by atoms with Gasteiger partial charge in [0, 0.05) is 19.8 Å². The van der Waals surface area contributed by atoms with Crippen LogP contribution in [-0.2, 0) is 26.6 Å². The molecule has 8 nitrogen and oxygen atoms in total. The Kier molecular flexibility index (Phi) is 5.50. The number of esters is 1. The second-order valence-corrected chi connectivity index (χ2v) is 5.90. The summed E-state index contributed by atoms with van der Waals surface area (Å²) < 4.78 is 28.7. The van der Waals surface area contributed by atoms with E-state index in [1.807, 2.05) is 0 Å². The van der Waals surface area contributed by atoms with E-state index in [0.717, 1.165) is 0 Å².